The highest BCUT2D eigenvalue weighted by molar-refractivity contribution is 6.05. The maximum absolute atomic E-state index is 12.2. The van der Waals surface area contributed by atoms with Crippen LogP contribution in [0.5, 0.6) is 0 Å². The van der Waals surface area contributed by atoms with E-state index in [0.29, 0.717) is 18.5 Å². The van der Waals surface area contributed by atoms with Crippen molar-refractivity contribution in [2.24, 2.45) is 5.73 Å². The lowest BCUT2D eigenvalue weighted by Gasteiger charge is -2.28. The molecule has 1 aliphatic heterocycles. The molecule has 5 nitrogen and oxygen atoms in total. The standard InChI is InChI=1S/C14H19N3O2/c1-16(2)12-5-3-10(4-6-12)14(19)17-8-7-11(15)9-13(17)18/h3-6,11H,7-9,15H2,1-2H3. The van der Waals surface area contributed by atoms with E-state index in [-0.39, 0.29) is 24.3 Å². The second kappa shape index (κ2) is 5.40. The summed E-state index contributed by atoms with van der Waals surface area (Å²) in [6.45, 7) is 0.411. The fraction of sp³-hybridized carbons (Fsp3) is 0.429. The van der Waals surface area contributed by atoms with Gasteiger partial charge in [0.25, 0.3) is 5.91 Å². The average molecular weight is 261 g/mol. The molecule has 2 rings (SSSR count). The minimum Gasteiger partial charge on any atom is -0.378 e. The molecule has 1 fully saturated rings. The predicted molar refractivity (Wildman–Crippen MR) is 74.0 cm³/mol. The van der Waals surface area contributed by atoms with Crippen molar-refractivity contribution in [1.82, 2.24) is 4.90 Å². The smallest absolute Gasteiger partial charge is 0.260 e. The second-order valence-electron chi connectivity index (χ2n) is 5.04. The van der Waals surface area contributed by atoms with E-state index in [9.17, 15) is 9.59 Å². The number of imide groups is 1. The third-order valence-electron chi connectivity index (χ3n) is 3.34. The molecule has 0 spiro atoms. The van der Waals surface area contributed by atoms with Gasteiger partial charge in [0.15, 0.2) is 0 Å². The molecule has 5 heteroatoms. The Balaban J connectivity index is 2.13. The quantitative estimate of drug-likeness (QED) is 0.801. The summed E-state index contributed by atoms with van der Waals surface area (Å²) in [5, 5.41) is 0. The Kier molecular flexibility index (Phi) is 3.85. The summed E-state index contributed by atoms with van der Waals surface area (Å²) in [4.78, 5) is 27.3. The van der Waals surface area contributed by atoms with Crippen LogP contribution in [-0.4, -0.2) is 43.4 Å². The number of carbonyl (C=O) groups excluding carboxylic acids is 2. The monoisotopic (exact) mass is 261 g/mol. The number of piperidine rings is 1. The van der Waals surface area contributed by atoms with E-state index in [1.807, 2.05) is 31.1 Å². The van der Waals surface area contributed by atoms with Gasteiger partial charge in [-0.3, -0.25) is 14.5 Å². The zero-order valence-electron chi connectivity index (χ0n) is 11.3. The minimum absolute atomic E-state index is 0.118. The van der Waals surface area contributed by atoms with Crippen LogP contribution in [0.15, 0.2) is 24.3 Å². The number of anilines is 1. The lowest BCUT2D eigenvalue weighted by molar-refractivity contribution is -0.130. The molecule has 102 valence electrons. The first kappa shape index (κ1) is 13.5. The number of amides is 2. The molecule has 1 aliphatic rings. The summed E-state index contributed by atoms with van der Waals surface area (Å²) in [6.07, 6.45) is 0.925. The van der Waals surface area contributed by atoms with Crippen molar-refractivity contribution in [3.05, 3.63) is 29.8 Å². The lowest BCUT2D eigenvalue weighted by Crippen LogP contribution is -2.46. The number of benzene rings is 1. The molecular weight excluding hydrogens is 242 g/mol. The number of nitrogens with two attached hydrogens (primary N) is 1. The molecule has 1 aromatic carbocycles. The van der Waals surface area contributed by atoms with Crippen LogP contribution in [0.3, 0.4) is 0 Å². The highest BCUT2D eigenvalue weighted by Gasteiger charge is 2.28. The van der Waals surface area contributed by atoms with E-state index >= 15 is 0 Å². The van der Waals surface area contributed by atoms with Crippen molar-refractivity contribution in [3.63, 3.8) is 0 Å². The Bertz CT molecular complexity index is 482. The summed E-state index contributed by atoms with van der Waals surface area (Å²) < 4.78 is 0. The molecule has 0 aliphatic carbocycles. The fourth-order valence-electron chi connectivity index (χ4n) is 2.13. The summed E-state index contributed by atoms with van der Waals surface area (Å²) >= 11 is 0. The van der Waals surface area contributed by atoms with Gasteiger partial charge in [-0.15, -0.1) is 0 Å². The van der Waals surface area contributed by atoms with Crippen LogP contribution in [0.4, 0.5) is 5.69 Å². The van der Waals surface area contributed by atoms with Crippen molar-refractivity contribution >= 4 is 17.5 Å². The number of hydrogen-bond donors (Lipinski definition) is 1. The topological polar surface area (TPSA) is 66.6 Å². The molecule has 1 saturated heterocycles. The number of carbonyl (C=O) groups is 2. The van der Waals surface area contributed by atoms with Gasteiger partial charge in [-0.25, -0.2) is 0 Å². The molecule has 0 radical (unpaired) electrons. The molecule has 1 unspecified atom stereocenters. The van der Waals surface area contributed by atoms with E-state index in [4.69, 9.17) is 5.73 Å². The molecule has 1 heterocycles. The van der Waals surface area contributed by atoms with E-state index in [1.54, 1.807) is 12.1 Å². The summed E-state index contributed by atoms with van der Waals surface area (Å²) in [5.74, 6) is -0.414. The van der Waals surface area contributed by atoms with Crippen LogP contribution in [0, 0.1) is 0 Å². The van der Waals surface area contributed by atoms with E-state index in [0.717, 1.165) is 5.69 Å². The number of likely N-dealkylation sites (tertiary alicyclic amines) is 1. The van der Waals surface area contributed by atoms with Crippen LogP contribution in [0.2, 0.25) is 0 Å². The first-order valence-corrected chi connectivity index (χ1v) is 6.36. The highest BCUT2D eigenvalue weighted by Crippen LogP contribution is 2.17. The van der Waals surface area contributed by atoms with Gasteiger partial charge < -0.3 is 10.6 Å². The zero-order chi connectivity index (χ0) is 14.0. The molecular formula is C14H19N3O2. The van der Waals surface area contributed by atoms with Crippen LogP contribution in [0.25, 0.3) is 0 Å². The summed E-state index contributed by atoms with van der Waals surface area (Å²) in [7, 11) is 3.87. The van der Waals surface area contributed by atoms with Crippen LogP contribution < -0.4 is 10.6 Å². The summed E-state index contributed by atoms with van der Waals surface area (Å²) in [5.41, 5.74) is 7.27. The summed E-state index contributed by atoms with van der Waals surface area (Å²) in [6, 6.07) is 7.12. The van der Waals surface area contributed by atoms with E-state index in [2.05, 4.69) is 0 Å². The Hall–Kier alpha value is -1.88. The maximum Gasteiger partial charge on any atom is 0.260 e. The van der Waals surface area contributed by atoms with Gasteiger partial charge in [0.05, 0.1) is 0 Å². The number of nitrogens with zero attached hydrogens (tertiary/aromatic N) is 2. The molecule has 0 bridgehead atoms. The predicted octanol–water partition coefficient (Wildman–Crippen LogP) is 0.842. The van der Waals surface area contributed by atoms with Crippen LogP contribution in [-0.2, 0) is 4.79 Å². The molecule has 0 saturated carbocycles. The Morgan fingerprint density at radius 2 is 1.95 bits per heavy atom. The van der Waals surface area contributed by atoms with E-state index in [1.165, 1.54) is 4.90 Å². The molecule has 2 N–H and O–H groups in total. The first-order chi connectivity index (χ1) is 8.99. The van der Waals surface area contributed by atoms with E-state index < -0.39 is 0 Å². The third-order valence-corrected chi connectivity index (χ3v) is 3.34. The fourth-order valence-corrected chi connectivity index (χ4v) is 2.13. The first-order valence-electron chi connectivity index (χ1n) is 6.36. The van der Waals surface area contributed by atoms with Gasteiger partial charge in [0, 0.05) is 44.4 Å². The molecule has 1 atom stereocenters. The molecule has 0 aromatic heterocycles. The SMILES string of the molecule is CN(C)c1ccc(C(=O)N2CCC(N)CC2=O)cc1. The van der Waals surface area contributed by atoms with Crippen molar-refractivity contribution in [2.45, 2.75) is 18.9 Å². The maximum atomic E-state index is 12.2. The van der Waals surface area contributed by atoms with Crippen molar-refractivity contribution in [3.8, 4) is 0 Å². The Morgan fingerprint density at radius 3 is 2.47 bits per heavy atom. The van der Waals surface area contributed by atoms with Crippen molar-refractivity contribution in [2.75, 3.05) is 25.5 Å². The van der Waals surface area contributed by atoms with Gasteiger partial charge >= 0.3 is 0 Å². The van der Waals surface area contributed by atoms with Crippen molar-refractivity contribution < 1.29 is 9.59 Å². The van der Waals surface area contributed by atoms with Gasteiger partial charge in [0.1, 0.15) is 0 Å². The zero-order valence-corrected chi connectivity index (χ0v) is 11.3. The second-order valence-corrected chi connectivity index (χ2v) is 5.04. The average Bonchev–Trinajstić information content (AvgIpc) is 2.38. The van der Waals surface area contributed by atoms with Crippen LogP contribution in [0.1, 0.15) is 23.2 Å². The largest absolute Gasteiger partial charge is 0.378 e. The molecule has 1 aromatic rings. The third kappa shape index (κ3) is 2.93. The highest BCUT2D eigenvalue weighted by atomic mass is 16.2. The molecule has 19 heavy (non-hydrogen) atoms. The van der Waals surface area contributed by atoms with Gasteiger partial charge in [-0.2, -0.15) is 0 Å². The number of hydrogen-bond acceptors (Lipinski definition) is 4. The van der Waals surface area contributed by atoms with Gasteiger partial charge in [-0.05, 0) is 30.7 Å². The number of rotatable bonds is 2. The van der Waals surface area contributed by atoms with Gasteiger partial charge in [0.2, 0.25) is 5.91 Å². The van der Waals surface area contributed by atoms with Gasteiger partial charge in [-0.1, -0.05) is 0 Å². The Labute approximate surface area is 113 Å². The van der Waals surface area contributed by atoms with Crippen molar-refractivity contribution in [1.29, 1.82) is 0 Å². The normalized spacial score (nSPS) is 19.4. The van der Waals surface area contributed by atoms with Crippen LogP contribution >= 0.6 is 0 Å². The lowest BCUT2D eigenvalue weighted by atomic mass is 10.0. The minimum atomic E-state index is -0.234. The molecule has 2 amide bonds. The Morgan fingerprint density at radius 1 is 1.32 bits per heavy atom.